The van der Waals surface area contributed by atoms with Crippen LogP contribution in [0.2, 0.25) is 0 Å². The van der Waals surface area contributed by atoms with E-state index in [1.54, 1.807) is 0 Å². The van der Waals surface area contributed by atoms with Crippen molar-refractivity contribution in [2.75, 3.05) is 0 Å². The van der Waals surface area contributed by atoms with Gasteiger partial charge in [0.15, 0.2) is 0 Å². The van der Waals surface area contributed by atoms with Crippen LogP contribution in [0.3, 0.4) is 0 Å². The summed E-state index contributed by atoms with van der Waals surface area (Å²) in [5.41, 5.74) is 6.01. The largest absolute Gasteiger partial charge is 0.353 e. The first-order valence-electron chi connectivity index (χ1n) is 7.12. The van der Waals surface area contributed by atoms with Gasteiger partial charge in [0.2, 0.25) is 5.91 Å². The van der Waals surface area contributed by atoms with Crippen LogP contribution in [-0.2, 0) is 4.79 Å². The van der Waals surface area contributed by atoms with Crippen molar-refractivity contribution in [2.45, 2.75) is 64.5 Å². The van der Waals surface area contributed by atoms with Crippen molar-refractivity contribution in [3.63, 3.8) is 0 Å². The van der Waals surface area contributed by atoms with E-state index in [4.69, 9.17) is 5.73 Å². The van der Waals surface area contributed by atoms with E-state index in [0.29, 0.717) is 17.9 Å². The van der Waals surface area contributed by atoms with Crippen molar-refractivity contribution in [3.8, 4) is 0 Å². The second-order valence-corrected chi connectivity index (χ2v) is 6.29. The third kappa shape index (κ3) is 3.21. The Labute approximate surface area is 105 Å². The molecule has 2 rings (SSSR count). The first-order chi connectivity index (χ1) is 8.06. The highest BCUT2D eigenvalue weighted by Crippen LogP contribution is 2.30. The first kappa shape index (κ1) is 12.9. The van der Waals surface area contributed by atoms with Crippen molar-refractivity contribution in [2.24, 2.45) is 23.5 Å². The molecule has 2 aliphatic carbocycles. The van der Waals surface area contributed by atoms with Gasteiger partial charge in [0.1, 0.15) is 0 Å². The third-order valence-electron chi connectivity index (χ3n) is 4.54. The predicted molar refractivity (Wildman–Crippen MR) is 69.4 cm³/mol. The molecule has 0 aromatic rings. The van der Waals surface area contributed by atoms with Gasteiger partial charge in [-0.1, -0.05) is 20.3 Å². The minimum absolute atomic E-state index is 0.154. The molecule has 0 aliphatic heterocycles. The monoisotopic (exact) mass is 238 g/mol. The average molecular weight is 238 g/mol. The van der Waals surface area contributed by atoms with Gasteiger partial charge in [-0.3, -0.25) is 4.79 Å². The van der Waals surface area contributed by atoms with E-state index in [0.717, 1.165) is 25.7 Å². The molecule has 0 aromatic carbocycles. The minimum Gasteiger partial charge on any atom is -0.353 e. The van der Waals surface area contributed by atoms with Crippen LogP contribution in [-0.4, -0.2) is 18.0 Å². The molecular weight excluding hydrogens is 212 g/mol. The van der Waals surface area contributed by atoms with Gasteiger partial charge in [-0.15, -0.1) is 0 Å². The summed E-state index contributed by atoms with van der Waals surface area (Å²) in [5, 5.41) is 3.24. The fourth-order valence-corrected chi connectivity index (χ4v) is 3.53. The Morgan fingerprint density at radius 2 is 1.94 bits per heavy atom. The van der Waals surface area contributed by atoms with Crippen LogP contribution >= 0.6 is 0 Å². The SMILES string of the molecule is CC1CC(N)CC(C(=O)NC2CCCC2C)C1. The molecule has 0 bridgehead atoms. The molecule has 3 nitrogen and oxygen atoms in total. The van der Waals surface area contributed by atoms with E-state index in [9.17, 15) is 4.79 Å². The standard InChI is InChI=1S/C14H26N2O/c1-9-6-11(8-12(15)7-9)14(17)16-13-5-3-4-10(13)2/h9-13H,3-8,15H2,1-2H3,(H,16,17). The number of hydrogen-bond donors (Lipinski definition) is 2. The summed E-state index contributed by atoms with van der Waals surface area (Å²) < 4.78 is 0. The zero-order valence-corrected chi connectivity index (χ0v) is 11.1. The number of carbonyl (C=O) groups excluding carboxylic acids is 1. The van der Waals surface area contributed by atoms with Crippen LogP contribution in [0.1, 0.15) is 52.4 Å². The number of nitrogens with two attached hydrogens (primary N) is 1. The molecule has 3 N–H and O–H groups in total. The lowest BCUT2D eigenvalue weighted by molar-refractivity contribution is -0.127. The molecule has 98 valence electrons. The Kier molecular flexibility index (Phi) is 4.08. The zero-order valence-electron chi connectivity index (χ0n) is 11.1. The third-order valence-corrected chi connectivity index (χ3v) is 4.54. The van der Waals surface area contributed by atoms with Crippen molar-refractivity contribution < 1.29 is 4.79 Å². The van der Waals surface area contributed by atoms with Gasteiger partial charge in [0.05, 0.1) is 0 Å². The Morgan fingerprint density at radius 1 is 1.18 bits per heavy atom. The molecule has 2 fully saturated rings. The van der Waals surface area contributed by atoms with Crippen molar-refractivity contribution in [1.29, 1.82) is 0 Å². The van der Waals surface area contributed by atoms with Crippen LogP contribution in [0.5, 0.6) is 0 Å². The van der Waals surface area contributed by atoms with Gasteiger partial charge in [-0.25, -0.2) is 0 Å². The average Bonchev–Trinajstić information content (AvgIpc) is 2.63. The molecule has 0 heterocycles. The Hall–Kier alpha value is -0.570. The highest BCUT2D eigenvalue weighted by Gasteiger charge is 2.32. The first-order valence-corrected chi connectivity index (χ1v) is 7.12. The Balaban J connectivity index is 1.86. The molecule has 5 unspecified atom stereocenters. The lowest BCUT2D eigenvalue weighted by atomic mass is 9.79. The summed E-state index contributed by atoms with van der Waals surface area (Å²) in [4.78, 5) is 12.2. The van der Waals surface area contributed by atoms with Gasteiger partial charge in [0, 0.05) is 18.0 Å². The predicted octanol–water partition coefficient (Wildman–Crippen LogP) is 2.05. The summed E-state index contributed by atoms with van der Waals surface area (Å²) in [6.07, 6.45) is 6.63. The van der Waals surface area contributed by atoms with Crippen LogP contribution < -0.4 is 11.1 Å². The quantitative estimate of drug-likeness (QED) is 0.773. The molecule has 2 aliphatic rings. The molecule has 17 heavy (non-hydrogen) atoms. The van der Waals surface area contributed by atoms with E-state index in [1.165, 1.54) is 12.8 Å². The molecule has 2 saturated carbocycles. The van der Waals surface area contributed by atoms with Gasteiger partial charge in [-0.05, 0) is 43.9 Å². The summed E-state index contributed by atoms with van der Waals surface area (Å²) in [6, 6.07) is 0.631. The maximum atomic E-state index is 12.2. The summed E-state index contributed by atoms with van der Waals surface area (Å²) in [6.45, 7) is 4.45. The van der Waals surface area contributed by atoms with Gasteiger partial charge >= 0.3 is 0 Å². The highest BCUT2D eigenvalue weighted by molar-refractivity contribution is 5.79. The topological polar surface area (TPSA) is 55.1 Å². The molecule has 5 atom stereocenters. The maximum Gasteiger partial charge on any atom is 0.223 e. The Morgan fingerprint density at radius 3 is 2.53 bits per heavy atom. The molecule has 3 heteroatoms. The number of amides is 1. The molecule has 0 aromatic heterocycles. The second kappa shape index (κ2) is 5.38. The van der Waals surface area contributed by atoms with Gasteiger partial charge in [0.25, 0.3) is 0 Å². The lowest BCUT2D eigenvalue weighted by Crippen LogP contribution is -2.44. The number of rotatable bonds is 2. The van der Waals surface area contributed by atoms with Crippen LogP contribution in [0.15, 0.2) is 0 Å². The van der Waals surface area contributed by atoms with Crippen LogP contribution in [0.25, 0.3) is 0 Å². The Bertz CT molecular complexity index is 269. The van der Waals surface area contributed by atoms with Crippen molar-refractivity contribution in [3.05, 3.63) is 0 Å². The lowest BCUT2D eigenvalue weighted by Gasteiger charge is -2.31. The van der Waals surface area contributed by atoms with E-state index in [1.807, 2.05) is 0 Å². The fraction of sp³-hybridized carbons (Fsp3) is 0.929. The molecule has 1 amide bonds. The van der Waals surface area contributed by atoms with E-state index >= 15 is 0 Å². The summed E-state index contributed by atoms with van der Waals surface area (Å²) in [5.74, 6) is 1.65. The van der Waals surface area contributed by atoms with Crippen LogP contribution in [0, 0.1) is 17.8 Å². The fourth-order valence-electron chi connectivity index (χ4n) is 3.53. The second-order valence-electron chi connectivity index (χ2n) is 6.29. The number of hydrogen-bond acceptors (Lipinski definition) is 2. The van der Waals surface area contributed by atoms with E-state index in [2.05, 4.69) is 19.2 Å². The van der Waals surface area contributed by atoms with Crippen molar-refractivity contribution in [1.82, 2.24) is 5.32 Å². The maximum absolute atomic E-state index is 12.2. The molecule has 0 radical (unpaired) electrons. The molecular formula is C14H26N2O. The number of carbonyl (C=O) groups is 1. The van der Waals surface area contributed by atoms with Crippen molar-refractivity contribution >= 4 is 5.91 Å². The van der Waals surface area contributed by atoms with Gasteiger partial charge < -0.3 is 11.1 Å². The normalized spacial score (nSPS) is 42.4. The summed E-state index contributed by atoms with van der Waals surface area (Å²) in [7, 11) is 0. The van der Waals surface area contributed by atoms with E-state index in [-0.39, 0.29) is 17.9 Å². The van der Waals surface area contributed by atoms with E-state index < -0.39 is 0 Å². The zero-order chi connectivity index (χ0) is 12.4. The summed E-state index contributed by atoms with van der Waals surface area (Å²) >= 11 is 0. The molecule has 0 saturated heterocycles. The van der Waals surface area contributed by atoms with Gasteiger partial charge in [-0.2, -0.15) is 0 Å². The van der Waals surface area contributed by atoms with Crippen LogP contribution in [0.4, 0.5) is 0 Å². The smallest absolute Gasteiger partial charge is 0.223 e. The minimum atomic E-state index is 0.154. The number of nitrogens with one attached hydrogen (secondary N) is 1. The highest BCUT2D eigenvalue weighted by atomic mass is 16.1. The molecule has 0 spiro atoms.